The van der Waals surface area contributed by atoms with Gasteiger partial charge in [-0.1, -0.05) is 19.8 Å². The summed E-state index contributed by atoms with van der Waals surface area (Å²) in [6.45, 7) is 5.77. The second-order valence-corrected chi connectivity index (χ2v) is 6.99. The molecule has 2 amide bonds. The lowest BCUT2D eigenvalue weighted by atomic mass is 9.82. The minimum absolute atomic E-state index is 0.153. The van der Waals surface area contributed by atoms with E-state index in [9.17, 15) is 9.59 Å². The molecule has 0 N–H and O–H groups in total. The summed E-state index contributed by atoms with van der Waals surface area (Å²) >= 11 is 0. The van der Waals surface area contributed by atoms with Crippen LogP contribution >= 0.6 is 0 Å². The van der Waals surface area contributed by atoms with Gasteiger partial charge in [-0.05, 0) is 44.4 Å². The van der Waals surface area contributed by atoms with Crippen LogP contribution in [0.25, 0.3) is 0 Å². The molecule has 112 valence electrons. The number of carbonyl (C=O) groups is 2. The van der Waals surface area contributed by atoms with Crippen LogP contribution in [0.15, 0.2) is 0 Å². The minimum atomic E-state index is -0.255. The highest BCUT2D eigenvalue weighted by Crippen LogP contribution is 2.32. The molecular weight excluding hydrogens is 252 g/mol. The maximum Gasteiger partial charge on any atom is 0.246 e. The average molecular weight is 278 g/mol. The number of fused-ring (bicyclic) bond motifs is 1. The van der Waals surface area contributed by atoms with Crippen LogP contribution < -0.4 is 0 Å². The number of nitrogens with zero attached hydrogens (tertiary/aromatic N) is 2. The van der Waals surface area contributed by atoms with E-state index >= 15 is 0 Å². The van der Waals surface area contributed by atoms with Crippen LogP contribution in [0.2, 0.25) is 0 Å². The van der Waals surface area contributed by atoms with E-state index in [1.807, 2.05) is 16.7 Å². The zero-order chi connectivity index (χ0) is 14.3. The number of hydrogen-bond acceptors (Lipinski definition) is 2. The Morgan fingerprint density at radius 3 is 2.60 bits per heavy atom. The van der Waals surface area contributed by atoms with Crippen LogP contribution in [0.1, 0.15) is 52.4 Å². The molecule has 2 heterocycles. The molecule has 0 radical (unpaired) electrons. The van der Waals surface area contributed by atoms with Gasteiger partial charge in [-0.3, -0.25) is 9.59 Å². The lowest BCUT2D eigenvalue weighted by molar-refractivity contribution is -0.159. The maximum absolute atomic E-state index is 12.7. The predicted molar refractivity (Wildman–Crippen MR) is 77.0 cm³/mol. The van der Waals surface area contributed by atoms with Gasteiger partial charge in [-0.2, -0.15) is 0 Å². The fraction of sp³-hybridized carbons (Fsp3) is 0.875. The van der Waals surface area contributed by atoms with Crippen molar-refractivity contribution in [3.05, 3.63) is 0 Å². The van der Waals surface area contributed by atoms with Crippen molar-refractivity contribution in [1.82, 2.24) is 9.80 Å². The molecule has 0 aromatic rings. The maximum atomic E-state index is 12.7. The zero-order valence-electron chi connectivity index (χ0n) is 12.7. The van der Waals surface area contributed by atoms with Crippen LogP contribution in [0.4, 0.5) is 0 Å². The monoisotopic (exact) mass is 278 g/mol. The second kappa shape index (κ2) is 5.38. The van der Waals surface area contributed by atoms with Gasteiger partial charge in [0.15, 0.2) is 0 Å². The van der Waals surface area contributed by atoms with Crippen molar-refractivity contribution in [2.75, 3.05) is 13.1 Å². The standard InChI is InChI=1S/C16H26N2O2/c1-11-5-3-6-13(9-11)10-18-12(2)15(19)17-8-4-7-14(17)16(18)20/h11-14H,3-10H2,1-2H3. The Hall–Kier alpha value is -1.06. The molecule has 0 bridgehead atoms. The Labute approximate surface area is 121 Å². The summed E-state index contributed by atoms with van der Waals surface area (Å²) in [6.07, 6.45) is 6.83. The third kappa shape index (κ3) is 2.33. The molecule has 2 aliphatic heterocycles. The molecule has 20 heavy (non-hydrogen) atoms. The minimum Gasteiger partial charge on any atom is -0.329 e. The van der Waals surface area contributed by atoms with Crippen LogP contribution in [0.5, 0.6) is 0 Å². The lowest BCUT2D eigenvalue weighted by Crippen LogP contribution is -2.62. The van der Waals surface area contributed by atoms with Crippen molar-refractivity contribution in [2.45, 2.75) is 64.5 Å². The van der Waals surface area contributed by atoms with Crippen LogP contribution in [0, 0.1) is 11.8 Å². The Kier molecular flexibility index (Phi) is 3.74. The summed E-state index contributed by atoms with van der Waals surface area (Å²) in [5.41, 5.74) is 0. The lowest BCUT2D eigenvalue weighted by Gasteiger charge is -2.43. The average Bonchev–Trinajstić information content (AvgIpc) is 2.91. The van der Waals surface area contributed by atoms with Crippen molar-refractivity contribution in [3.8, 4) is 0 Å². The van der Waals surface area contributed by atoms with Gasteiger partial charge in [0.2, 0.25) is 11.8 Å². The normalized spacial score (nSPS) is 38.3. The molecule has 1 saturated carbocycles. The molecule has 4 unspecified atom stereocenters. The Balaban J connectivity index is 1.71. The first-order valence-electron chi connectivity index (χ1n) is 8.19. The van der Waals surface area contributed by atoms with E-state index in [4.69, 9.17) is 0 Å². The molecular formula is C16H26N2O2. The summed E-state index contributed by atoms with van der Waals surface area (Å²) in [5, 5.41) is 0. The van der Waals surface area contributed by atoms with Crippen molar-refractivity contribution in [1.29, 1.82) is 0 Å². The number of amides is 2. The summed E-state index contributed by atoms with van der Waals surface area (Å²) in [6, 6.07) is -0.409. The van der Waals surface area contributed by atoms with Crippen LogP contribution in [-0.2, 0) is 9.59 Å². The van der Waals surface area contributed by atoms with E-state index in [0.29, 0.717) is 5.92 Å². The van der Waals surface area contributed by atoms with Crippen LogP contribution in [0.3, 0.4) is 0 Å². The smallest absolute Gasteiger partial charge is 0.246 e. The molecule has 4 nitrogen and oxygen atoms in total. The molecule has 3 fully saturated rings. The van der Waals surface area contributed by atoms with Gasteiger partial charge in [0, 0.05) is 13.1 Å². The Bertz CT molecular complexity index is 409. The van der Waals surface area contributed by atoms with Crippen molar-refractivity contribution in [2.24, 2.45) is 11.8 Å². The molecule has 4 atom stereocenters. The SMILES string of the molecule is CC1CCCC(CN2C(=O)C3CCCN3C(=O)C2C)C1. The highest BCUT2D eigenvalue weighted by molar-refractivity contribution is 5.97. The Morgan fingerprint density at radius 2 is 1.85 bits per heavy atom. The Morgan fingerprint density at radius 1 is 1.05 bits per heavy atom. The third-order valence-electron chi connectivity index (χ3n) is 5.43. The van der Waals surface area contributed by atoms with E-state index in [2.05, 4.69) is 6.92 Å². The highest BCUT2D eigenvalue weighted by atomic mass is 16.2. The predicted octanol–water partition coefficient (Wildman–Crippen LogP) is 2.03. The molecule has 4 heteroatoms. The number of piperazine rings is 1. The molecule has 3 rings (SSSR count). The highest BCUT2D eigenvalue weighted by Gasteiger charge is 2.46. The van der Waals surface area contributed by atoms with Gasteiger partial charge in [0.05, 0.1) is 0 Å². The summed E-state index contributed by atoms with van der Waals surface area (Å²) in [5.74, 6) is 1.72. The summed E-state index contributed by atoms with van der Waals surface area (Å²) < 4.78 is 0. The molecule has 0 aromatic heterocycles. The van der Waals surface area contributed by atoms with Crippen molar-refractivity contribution >= 4 is 11.8 Å². The summed E-state index contributed by atoms with van der Waals surface area (Å²) in [7, 11) is 0. The zero-order valence-corrected chi connectivity index (χ0v) is 12.7. The van der Waals surface area contributed by atoms with E-state index in [-0.39, 0.29) is 23.9 Å². The first-order valence-corrected chi connectivity index (χ1v) is 8.19. The fourth-order valence-corrected chi connectivity index (χ4v) is 4.29. The van der Waals surface area contributed by atoms with Crippen molar-refractivity contribution < 1.29 is 9.59 Å². The van der Waals surface area contributed by atoms with Crippen LogP contribution in [-0.4, -0.2) is 46.8 Å². The molecule has 2 saturated heterocycles. The number of carbonyl (C=O) groups excluding carboxylic acids is 2. The first kappa shape index (κ1) is 13.9. The van der Waals surface area contributed by atoms with Gasteiger partial charge in [0.25, 0.3) is 0 Å². The number of hydrogen-bond donors (Lipinski definition) is 0. The first-order chi connectivity index (χ1) is 9.58. The van der Waals surface area contributed by atoms with E-state index < -0.39 is 0 Å². The quantitative estimate of drug-likeness (QED) is 0.775. The van der Waals surface area contributed by atoms with Crippen molar-refractivity contribution in [3.63, 3.8) is 0 Å². The largest absolute Gasteiger partial charge is 0.329 e. The number of rotatable bonds is 2. The van der Waals surface area contributed by atoms with E-state index in [0.717, 1.165) is 31.8 Å². The van der Waals surface area contributed by atoms with Gasteiger partial charge >= 0.3 is 0 Å². The van der Waals surface area contributed by atoms with E-state index in [1.54, 1.807) is 0 Å². The molecule has 0 aromatic carbocycles. The third-order valence-corrected chi connectivity index (χ3v) is 5.43. The van der Waals surface area contributed by atoms with E-state index in [1.165, 1.54) is 25.7 Å². The fourth-order valence-electron chi connectivity index (χ4n) is 4.29. The van der Waals surface area contributed by atoms with Gasteiger partial charge < -0.3 is 9.80 Å². The molecule has 0 spiro atoms. The molecule has 3 aliphatic rings. The van der Waals surface area contributed by atoms with Gasteiger partial charge in [0.1, 0.15) is 12.1 Å². The second-order valence-electron chi connectivity index (χ2n) is 6.99. The van der Waals surface area contributed by atoms with Gasteiger partial charge in [-0.15, -0.1) is 0 Å². The van der Waals surface area contributed by atoms with Gasteiger partial charge in [-0.25, -0.2) is 0 Å². The molecule has 1 aliphatic carbocycles. The summed E-state index contributed by atoms with van der Waals surface area (Å²) in [4.78, 5) is 28.7. The topological polar surface area (TPSA) is 40.6 Å².